The van der Waals surface area contributed by atoms with Crippen molar-refractivity contribution < 1.29 is 18.4 Å². The van der Waals surface area contributed by atoms with Gasteiger partial charge in [-0.05, 0) is 62.3 Å². The average molecular weight is 398 g/mol. The zero-order chi connectivity index (χ0) is 20.4. The van der Waals surface area contributed by atoms with Crippen LogP contribution in [0.15, 0.2) is 42.5 Å². The number of hydrogen-bond acceptors (Lipinski definition) is 2. The number of rotatable bonds is 3. The SMILES string of the molecule is O=C(Nc1ccc(F)cc1F)C1CCC(C(=O)N2CCCc3ccccc32)CC1. The van der Waals surface area contributed by atoms with Gasteiger partial charge in [-0.15, -0.1) is 0 Å². The maximum absolute atomic E-state index is 13.8. The van der Waals surface area contributed by atoms with E-state index in [4.69, 9.17) is 0 Å². The number of para-hydroxylation sites is 1. The van der Waals surface area contributed by atoms with E-state index in [2.05, 4.69) is 11.4 Å². The lowest BCUT2D eigenvalue weighted by atomic mass is 9.80. The third-order valence-corrected chi connectivity index (χ3v) is 6.01. The number of benzene rings is 2. The lowest BCUT2D eigenvalue weighted by molar-refractivity contribution is -0.126. The molecule has 4 nitrogen and oxygen atoms in total. The molecule has 4 rings (SSSR count). The molecule has 0 radical (unpaired) electrons. The largest absolute Gasteiger partial charge is 0.323 e. The molecule has 6 heteroatoms. The molecule has 0 bridgehead atoms. The number of fused-ring (bicyclic) bond motifs is 1. The van der Waals surface area contributed by atoms with Crippen LogP contribution in [0.1, 0.15) is 37.7 Å². The van der Waals surface area contributed by atoms with Gasteiger partial charge in [0.05, 0.1) is 5.69 Å². The number of aryl methyl sites for hydroxylation is 1. The molecule has 2 amide bonds. The Morgan fingerprint density at radius 3 is 2.45 bits per heavy atom. The van der Waals surface area contributed by atoms with Gasteiger partial charge in [-0.2, -0.15) is 0 Å². The minimum atomic E-state index is -0.786. The van der Waals surface area contributed by atoms with Crippen molar-refractivity contribution in [3.8, 4) is 0 Å². The molecular weight excluding hydrogens is 374 g/mol. The number of nitrogens with one attached hydrogen (secondary N) is 1. The Morgan fingerprint density at radius 1 is 0.966 bits per heavy atom. The first-order chi connectivity index (χ1) is 14.0. The molecule has 1 N–H and O–H groups in total. The summed E-state index contributed by atoms with van der Waals surface area (Å²) in [5.41, 5.74) is 2.21. The first-order valence-corrected chi connectivity index (χ1v) is 10.2. The monoisotopic (exact) mass is 398 g/mol. The summed E-state index contributed by atoms with van der Waals surface area (Å²) in [5.74, 6) is -1.96. The normalized spacial score (nSPS) is 21.4. The molecule has 2 aliphatic rings. The number of anilines is 2. The van der Waals surface area contributed by atoms with E-state index in [9.17, 15) is 18.4 Å². The standard InChI is InChI=1S/C23H24F2N2O2/c24-18-11-12-20(19(25)14-18)26-22(28)16-7-9-17(10-8-16)23(29)27-13-3-5-15-4-1-2-6-21(15)27/h1-2,4,6,11-12,14,16-17H,3,5,7-10,13H2,(H,26,28). The van der Waals surface area contributed by atoms with E-state index in [0.29, 0.717) is 25.7 Å². The molecule has 1 aliphatic heterocycles. The summed E-state index contributed by atoms with van der Waals surface area (Å²) in [5, 5.41) is 2.55. The van der Waals surface area contributed by atoms with Gasteiger partial charge < -0.3 is 10.2 Å². The van der Waals surface area contributed by atoms with Crippen molar-refractivity contribution in [2.75, 3.05) is 16.8 Å². The van der Waals surface area contributed by atoms with Crippen molar-refractivity contribution >= 4 is 23.2 Å². The summed E-state index contributed by atoms with van der Waals surface area (Å²) in [6.45, 7) is 0.736. The Morgan fingerprint density at radius 2 is 1.69 bits per heavy atom. The molecular formula is C23H24F2N2O2. The Hall–Kier alpha value is -2.76. The van der Waals surface area contributed by atoms with Crippen LogP contribution in [0.4, 0.5) is 20.2 Å². The van der Waals surface area contributed by atoms with E-state index in [0.717, 1.165) is 37.2 Å². The fraction of sp³-hybridized carbons (Fsp3) is 0.391. The van der Waals surface area contributed by atoms with Gasteiger partial charge >= 0.3 is 0 Å². The minimum Gasteiger partial charge on any atom is -0.323 e. The van der Waals surface area contributed by atoms with Crippen molar-refractivity contribution in [1.29, 1.82) is 0 Å². The number of carbonyl (C=O) groups is 2. The molecule has 29 heavy (non-hydrogen) atoms. The molecule has 0 unspecified atom stereocenters. The number of halogens is 2. The highest BCUT2D eigenvalue weighted by Crippen LogP contribution is 2.34. The summed E-state index contributed by atoms with van der Waals surface area (Å²) in [7, 11) is 0. The molecule has 0 spiro atoms. The van der Waals surface area contributed by atoms with Crippen LogP contribution in [0.25, 0.3) is 0 Å². The van der Waals surface area contributed by atoms with Gasteiger partial charge in [0.1, 0.15) is 11.6 Å². The van der Waals surface area contributed by atoms with Crippen LogP contribution in [0.2, 0.25) is 0 Å². The van der Waals surface area contributed by atoms with Crippen LogP contribution in [0.3, 0.4) is 0 Å². The molecule has 0 saturated heterocycles. The molecule has 0 atom stereocenters. The Kier molecular flexibility index (Phi) is 5.60. The van der Waals surface area contributed by atoms with Crippen molar-refractivity contribution in [3.05, 3.63) is 59.7 Å². The van der Waals surface area contributed by atoms with E-state index >= 15 is 0 Å². The number of carbonyl (C=O) groups excluding carboxylic acids is 2. The predicted molar refractivity (Wildman–Crippen MR) is 108 cm³/mol. The van der Waals surface area contributed by atoms with E-state index in [1.807, 2.05) is 23.1 Å². The van der Waals surface area contributed by atoms with Crippen molar-refractivity contribution in [2.24, 2.45) is 11.8 Å². The van der Waals surface area contributed by atoms with Crippen LogP contribution in [-0.4, -0.2) is 18.4 Å². The number of nitrogens with zero attached hydrogens (tertiary/aromatic N) is 1. The molecule has 2 aromatic carbocycles. The van der Waals surface area contributed by atoms with Crippen molar-refractivity contribution in [2.45, 2.75) is 38.5 Å². The summed E-state index contributed by atoms with van der Waals surface area (Å²) >= 11 is 0. The first kappa shape index (κ1) is 19.6. The van der Waals surface area contributed by atoms with Gasteiger partial charge in [0.2, 0.25) is 11.8 Å². The van der Waals surface area contributed by atoms with Crippen molar-refractivity contribution in [1.82, 2.24) is 0 Å². The Bertz CT molecular complexity index is 923. The van der Waals surface area contributed by atoms with Gasteiger partial charge in [0.15, 0.2) is 0 Å². The number of amides is 2. The average Bonchev–Trinajstić information content (AvgIpc) is 2.75. The fourth-order valence-corrected chi connectivity index (χ4v) is 4.41. The summed E-state index contributed by atoms with van der Waals surface area (Å²) < 4.78 is 26.8. The summed E-state index contributed by atoms with van der Waals surface area (Å²) in [6.07, 6.45) is 4.40. The Labute approximate surface area is 168 Å². The maximum atomic E-state index is 13.8. The highest BCUT2D eigenvalue weighted by molar-refractivity contribution is 5.97. The summed E-state index contributed by atoms with van der Waals surface area (Å²) in [4.78, 5) is 27.5. The minimum absolute atomic E-state index is 0.0143. The molecule has 1 saturated carbocycles. The fourth-order valence-electron chi connectivity index (χ4n) is 4.41. The maximum Gasteiger partial charge on any atom is 0.230 e. The molecule has 2 aromatic rings. The van der Waals surface area contributed by atoms with E-state index in [1.165, 1.54) is 11.6 Å². The lowest BCUT2D eigenvalue weighted by Gasteiger charge is -2.34. The van der Waals surface area contributed by atoms with E-state index in [1.54, 1.807) is 0 Å². The molecule has 1 heterocycles. The van der Waals surface area contributed by atoms with Gasteiger partial charge in [0, 0.05) is 30.1 Å². The third-order valence-electron chi connectivity index (χ3n) is 6.01. The molecule has 152 valence electrons. The van der Waals surface area contributed by atoms with Crippen LogP contribution in [-0.2, 0) is 16.0 Å². The zero-order valence-electron chi connectivity index (χ0n) is 16.2. The van der Waals surface area contributed by atoms with Crippen LogP contribution in [0.5, 0.6) is 0 Å². The van der Waals surface area contributed by atoms with Crippen LogP contribution in [0, 0.1) is 23.5 Å². The van der Waals surface area contributed by atoms with Crippen LogP contribution < -0.4 is 10.2 Å². The second kappa shape index (κ2) is 8.31. The Balaban J connectivity index is 1.36. The molecule has 0 aromatic heterocycles. The molecule has 1 fully saturated rings. The van der Waals surface area contributed by atoms with E-state index < -0.39 is 11.6 Å². The lowest BCUT2D eigenvalue weighted by Crippen LogP contribution is -2.41. The van der Waals surface area contributed by atoms with E-state index in [-0.39, 0.29) is 29.3 Å². The molecule has 1 aliphatic carbocycles. The topological polar surface area (TPSA) is 49.4 Å². The zero-order valence-corrected chi connectivity index (χ0v) is 16.2. The quantitative estimate of drug-likeness (QED) is 0.816. The first-order valence-electron chi connectivity index (χ1n) is 10.2. The summed E-state index contributed by atoms with van der Waals surface area (Å²) in [6, 6.07) is 11.1. The van der Waals surface area contributed by atoms with Gasteiger partial charge in [-0.1, -0.05) is 18.2 Å². The van der Waals surface area contributed by atoms with Gasteiger partial charge in [0.25, 0.3) is 0 Å². The highest BCUT2D eigenvalue weighted by atomic mass is 19.1. The predicted octanol–water partition coefficient (Wildman–Crippen LogP) is 4.69. The second-order valence-electron chi connectivity index (χ2n) is 7.88. The van der Waals surface area contributed by atoms with Crippen LogP contribution >= 0.6 is 0 Å². The number of hydrogen-bond donors (Lipinski definition) is 1. The van der Waals surface area contributed by atoms with Crippen molar-refractivity contribution in [3.63, 3.8) is 0 Å². The van der Waals surface area contributed by atoms with Gasteiger partial charge in [-0.25, -0.2) is 8.78 Å². The third kappa shape index (κ3) is 4.16. The van der Waals surface area contributed by atoms with Gasteiger partial charge in [-0.3, -0.25) is 9.59 Å². The highest BCUT2D eigenvalue weighted by Gasteiger charge is 2.34. The smallest absolute Gasteiger partial charge is 0.230 e. The second-order valence-corrected chi connectivity index (χ2v) is 7.88.